The fourth-order valence-electron chi connectivity index (χ4n) is 1.65. The number of hydrogen-bond acceptors (Lipinski definition) is 5. The van der Waals surface area contributed by atoms with E-state index in [9.17, 15) is 0 Å². The van der Waals surface area contributed by atoms with Crippen LogP contribution in [0.15, 0.2) is 4.52 Å². The second-order valence-corrected chi connectivity index (χ2v) is 5.17. The summed E-state index contributed by atoms with van der Waals surface area (Å²) in [5, 5.41) is 4.44. The Morgan fingerprint density at radius 2 is 2.47 bits per heavy atom. The van der Waals surface area contributed by atoms with Crippen molar-refractivity contribution in [3.8, 4) is 0 Å². The molecule has 0 bridgehead atoms. The monoisotopic (exact) mass is 227 g/mol. The minimum atomic E-state index is -0.111. The van der Waals surface area contributed by atoms with Crippen molar-refractivity contribution in [3.63, 3.8) is 0 Å². The number of aromatic nitrogens is 2. The van der Waals surface area contributed by atoms with Gasteiger partial charge in [0.15, 0.2) is 5.82 Å². The minimum Gasteiger partial charge on any atom is -0.338 e. The lowest BCUT2D eigenvalue weighted by Gasteiger charge is -2.17. The quantitative estimate of drug-likeness (QED) is 0.859. The molecule has 5 heteroatoms. The normalized spacial score (nSPS) is 24.0. The summed E-state index contributed by atoms with van der Waals surface area (Å²) in [6.07, 6.45) is 4.56. The molecular weight excluding hydrogens is 210 g/mol. The minimum absolute atomic E-state index is 0.111. The molecule has 0 aliphatic carbocycles. The van der Waals surface area contributed by atoms with E-state index in [1.807, 2.05) is 18.7 Å². The van der Waals surface area contributed by atoms with Crippen LogP contribution < -0.4 is 5.73 Å². The fraction of sp³-hybridized carbons (Fsp3) is 0.800. The summed E-state index contributed by atoms with van der Waals surface area (Å²) in [6, 6.07) is -0.111. The highest BCUT2D eigenvalue weighted by Gasteiger charge is 2.22. The number of hydrogen-bond donors (Lipinski definition) is 1. The first-order valence-corrected chi connectivity index (χ1v) is 6.56. The average Bonchev–Trinajstić information content (AvgIpc) is 2.78. The number of thioether (sulfide) groups is 1. The van der Waals surface area contributed by atoms with Crippen LogP contribution in [0, 0.1) is 0 Å². The van der Waals surface area contributed by atoms with Crippen molar-refractivity contribution in [2.75, 3.05) is 5.75 Å². The summed E-state index contributed by atoms with van der Waals surface area (Å²) in [4.78, 5) is 4.38. The highest BCUT2D eigenvalue weighted by molar-refractivity contribution is 7.99. The molecule has 1 aliphatic rings. The molecule has 1 saturated heterocycles. The van der Waals surface area contributed by atoms with Crippen LogP contribution in [0.5, 0.6) is 0 Å². The molecule has 2 unspecified atom stereocenters. The maximum Gasteiger partial charge on any atom is 0.243 e. The second-order valence-electron chi connectivity index (χ2n) is 3.86. The third-order valence-corrected chi connectivity index (χ3v) is 4.06. The van der Waals surface area contributed by atoms with Gasteiger partial charge in [-0.3, -0.25) is 0 Å². The zero-order valence-corrected chi connectivity index (χ0v) is 9.80. The number of nitrogens with two attached hydrogens (primary N) is 1. The topological polar surface area (TPSA) is 64.9 Å². The molecule has 2 heterocycles. The maximum atomic E-state index is 5.83. The molecule has 0 aromatic carbocycles. The van der Waals surface area contributed by atoms with E-state index in [1.54, 1.807) is 0 Å². The lowest BCUT2D eigenvalue weighted by Crippen LogP contribution is -2.09. The molecule has 0 saturated carbocycles. The summed E-state index contributed by atoms with van der Waals surface area (Å²) in [6.45, 7) is 2.02. The predicted molar refractivity (Wildman–Crippen MR) is 60.6 cm³/mol. The van der Waals surface area contributed by atoms with E-state index in [1.165, 1.54) is 18.6 Å². The van der Waals surface area contributed by atoms with Gasteiger partial charge in [-0.2, -0.15) is 16.7 Å². The maximum absolute atomic E-state index is 5.83. The second kappa shape index (κ2) is 4.99. The van der Waals surface area contributed by atoms with Crippen molar-refractivity contribution in [3.05, 3.63) is 11.7 Å². The van der Waals surface area contributed by atoms with Gasteiger partial charge in [0.2, 0.25) is 5.89 Å². The first kappa shape index (κ1) is 11.0. The van der Waals surface area contributed by atoms with Crippen LogP contribution >= 0.6 is 11.8 Å². The standard InChI is InChI=1S/C10H17N3OS/c1-2-7(11)10-12-9(13-14-10)8-5-3-4-6-15-8/h7-8H,2-6,11H2,1H3. The molecule has 1 aliphatic heterocycles. The van der Waals surface area contributed by atoms with E-state index in [-0.39, 0.29) is 6.04 Å². The third kappa shape index (κ3) is 2.52. The molecule has 2 atom stereocenters. The molecule has 15 heavy (non-hydrogen) atoms. The van der Waals surface area contributed by atoms with Crippen LogP contribution in [-0.2, 0) is 0 Å². The fourth-order valence-corrected chi connectivity index (χ4v) is 2.88. The van der Waals surface area contributed by atoms with Crippen LogP contribution in [0.3, 0.4) is 0 Å². The lowest BCUT2D eigenvalue weighted by molar-refractivity contribution is 0.347. The molecule has 1 fully saturated rings. The van der Waals surface area contributed by atoms with E-state index in [0.717, 1.165) is 18.7 Å². The Kier molecular flexibility index (Phi) is 3.64. The molecule has 2 rings (SSSR count). The predicted octanol–water partition coefficient (Wildman–Crippen LogP) is 2.44. The van der Waals surface area contributed by atoms with Crippen molar-refractivity contribution in [2.45, 2.75) is 43.9 Å². The summed E-state index contributed by atoms with van der Waals surface area (Å²) in [7, 11) is 0. The summed E-state index contributed by atoms with van der Waals surface area (Å²) in [5.74, 6) is 2.62. The van der Waals surface area contributed by atoms with Gasteiger partial charge in [-0.1, -0.05) is 18.5 Å². The van der Waals surface area contributed by atoms with E-state index in [2.05, 4.69) is 10.1 Å². The van der Waals surface area contributed by atoms with E-state index >= 15 is 0 Å². The molecule has 1 aromatic heterocycles. The van der Waals surface area contributed by atoms with Crippen molar-refractivity contribution in [1.82, 2.24) is 10.1 Å². The third-order valence-electron chi connectivity index (χ3n) is 2.68. The summed E-state index contributed by atoms with van der Waals surface area (Å²) >= 11 is 1.92. The van der Waals surface area contributed by atoms with Crippen LogP contribution in [0.25, 0.3) is 0 Å². The molecule has 2 N–H and O–H groups in total. The van der Waals surface area contributed by atoms with Gasteiger partial charge in [-0.25, -0.2) is 0 Å². The Morgan fingerprint density at radius 1 is 1.60 bits per heavy atom. The van der Waals surface area contributed by atoms with Gasteiger partial charge in [-0.05, 0) is 25.0 Å². The van der Waals surface area contributed by atoms with Crippen molar-refractivity contribution >= 4 is 11.8 Å². The molecule has 0 radical (unpaired) electrons. The van der Waals surface area contributed by atoms with E-state index < -0.39 is 0 Å². The number of rotatable bonds is 3. The Labute approximate surface area is 94.0 Å². The first-order valence-electron chi connectivity index (χ1n) is 5.52. The Morgan fingerprint density at radius 3 is 3.13 bits per heavy atom. The van der Waals surface area contributed by atoms with Gasteiger partial charge in [0, 0.05) is 0 Å². The average molecular weight is 227 g/mol. The van der Waals surface area contributed by atoms with E-state index in [0.29, 0.717) is 11.1 Å². The van der Waals surface area contributed by atoms with Crippen molar-refractivity contribution in [2.24, 2.45) is 5.73 Å². The molecule has 4 nitrogen and oxygen atoms in total. The molecule has 84 valence electrons. The Balaban J connectivity index is 2.05. The molecule has 1 aromatic rings. The van der Waals surface area contributed by atoms with Crippen molar-refractivity contribution < 1.29 is 4.52 Å². The van der Waals surface area contributed by atoms with Gasteiger partial charge in [0.25, 0.3) is 0 Å². The highest BCUT2D eigenvalue weighted by Crippen LogP contribution is 2.36. The Hall–Kier alpha value is -0.550. The molecule has 0 spiro atoms. The van der Waals surface area contributed by atoms with Gasteiger partial charge in [-0.15, -0.1) is 0 Å². The highest BCUT2D eigenvalue weighted by atomic mass is 32.2. The van der Waals surface area contributed by atoms with Crippen molar-refractivity contribution in [1.29, 1.82) is 0 Å². The van der Waals surface area contributed by atoms with Crippen LogP contribution in [0.4, 0.5) is 0 Å². The SMILES string of the molecule is CCC(N)c1nc(C2CCCCS2)no1. The molecule has 0 amide bonds. The lowest BCUT2D eigenvalue weighted by atomic mass is 10.2. The summed E-state index contributed by atoms with van der Waals surface area (Å²) in [5.41, 5.74) is 5.83. The van der Waals surface area contributed by atoms with Gasteiger partial charge in [0.1, 0.15) is 0 Å². The molecular formula is C10H17N3OS. The van der Waals surface area contributed by atoms with Gasteiger partial charge < -0.3 is 10.3 Å². The Bertz CT molecular complexity index is 309. The number of nitrogens with zero attached hydrogens (tertiary/aromatic N) is 2. The zero-order valence-electron chi connectivity index (χ0n) is 8.98. The first-order chi connectivity index (χ1) is 7.31. The summed E-state index contributed by atoms with van der Waals surface area (Å²) < 4.78 is 5.17. The smallest absolute Gasteiger partial charge is 0.243 e. The van der Waals surface area contributed by atoms with Gasteiger partial charge in [0.05, 0.1) is 11.3 Å². The van der Waals surface area contributed by atoms with E-state index in [4.69, 9.17) is 10.3 Å². The van der Waals surface area contributed by atoms with Crippen LogP contribution in [0.2, 0.25) is 0 Å². The zero-order chi connectivity index (χ0) is 10.7. The largest absolute Gasteiger partial charge is 0.338 e. The van der Waals surface area contributed by atoms with Gasteiger partial charge >= 0.3 is 0 Å². The van der Waals surface area contributed by atoms with Crippen LogP contribution in [0.1, 0.15) is 55.6 Å². The van der Waals surface area contributed by atoms with Crippen LogP contribution in [-0.4, -0.2) is 15.9 Å².